The molecular formula is C14H15F3NO4-. The van der Waals surface area contributed by atoms with Crippen molar-refractivity contribution >= 4 is 12.1 Å². The maximum atomic E-state index is 13.5. The van der Waals surface area contributed by atoms with Crippen LogP contribution in [0.4, 0.5) is 18.0 Å². The van der Waals surface area contributed by atoms with E-state index in [0.717, 1.165) is 0 Å². The summed E-state index contributed by atoms with van der Waals surface area (Å²) in [5, 5.41) is 13.0. The van der Waals surface area contributed by atoms with E-state index >= 15 is 0 Å². The Bertz CT molecular complexity index is 584. The van der Waals surface area contributed by atoms with E-state index in [-0.39, 0.29) is 0 Å². The molecule has 0 aliphatic carbocycles. The third kappa shape index (κ3) is 5.27. The molecule has 0 bridgehead atoms. The van der Waals surface area contributed by atoms with Gasteiger partial charge in [-0.15, -0.1) is 0 Å². The van der Waals surface area contributed by atoms with Gasteiger partial charge in [-0.2, -0.15) is 0 Å². The van der Waals surface area contributed by atoms with Crippen LogP contribution in [-0.2, 0) is 16.0 Å². The summed E-state index contributed by atoms with van der Waals surface area (Å²) >= 11 is 0. The number of carboxylic acids is 1. The molecule has 122 valence electrons. The van der Waals surface area contributed by atoms with Gasteiger partial charge in [-0.25, -0.2) is 18.0 Å². The molecule has 0 aliphatic heterocycles. The molecule has 0 saturated carbocycles. The molecule has 1 rings (SSSR count). The molecule has 8 heteroatoms. The number of nitrogens with one attached hydrogen (secondary N) is 1. The zero-order chi connectivity index (χ0) is 17.1. The van der Waals surface area contributed by atoms with E-state index in [1.54, 1.807) is 20.8 Å². The topological polar surface area (TPSA) is 78.5 Å². The van der Waals surface area contributed by atoms with Crippen molar-refractivity contribution in [3.8, 4) is 0 Å². The predicted molar refractivity (Wildman–Crippen MR) is 68.2 cm³/mol. The normalized spacial score (nSPS) is 12.6. The molecule has 0 aliphatic rings. The monoisotopic (exact) mass is 318 g/mol. The Labute approximate surface area is 125 Å². The molecule has 1 atom stereocenters. The second-order valence-corrected chi connectivity index (χ2v) is 5.58. The molecule has 0 unspecified atom stereocenters. The lowest BCUT2D eigenvalue weighted by molar-refractivity contribution is -0.308. The van der Waals surface area contributed by atoms with Gasteiger partial charge < -0.3 is 20.0 Å². The van der Waals surface area contributed by atoms with Crippen molar-refractivity contribution in [2.24, 2.45) is 0 Å². The van der Waals surface area contributed by atoms with E-state index in [0.29, 0.717) is 12.1 Å². The Hall–Kier alpha value is -2.25. The van der Waals surface area contributed by atoms with Crippen molar-refractivity contribution < 1.29 is 32.6 Å². The Morgan fingerprint density at radius 1 is 1.18 bits per heavy atom. The van der Waals surface area contributed by atoms with Crippen molar-refractivity contribution in [2.75, 3.05) is 0 Å². The van der Waals surface area contributed by atoms with Crippen LogP contribution in [0.1, 0.15) is 26.3 Å². The Kier molecular flexibility index (Phi) is 5.40. The maximum absolute atomic E-state index is 13.5. The number of halogens is 3. The first-order valence-electron chi connectivity index (χ1n) is 6.33. The number of alkyl carbamates (subject to hydrolysis) is 1. The fourth-order valence-electron chi connectivity index (χ4n) is 1.58. The summed E-state index contributed by atoms with van der Waals surface area (Å²) in [6, 6.07) is -0.837. The van der Waals surface area contributed by atoms with E-state index < -0.39 is 53.1 Å². The molecule has 22 heavy (non-hydrogen) atoms. The zero-order valence-corrected chi connectivity index (χ0v) is 12.2. The average molecular weight is 318 g/mol. The van der Waals surface area contributed by atoms with Crippen LogP contribution in [0.15, 0.2) is 12.1 Å². The van der Waals surface area contributed by atoms with E-state index in [1.165, 1.54) is 0 Å². The van der Waals surface area contributed by atoms with Crippen LogP contribution in [0.25, 0.3) is 0 Å². The molecule has 0 saturated heterocycles. The lowest BCUT2D eigenvalue weighted by Crippen LogP contribution is -2.50. The average Bonchev–Trinajstić information content (AvgIpc) is 2.32. The van der Waals surface area contributed by atoms with Gasteiger partial charge in [0.2, 0.25) is 0 Å². The maximum Gasteiger partial charge on any atom is 0.408 e. The van der Waals surface area contributed by atoms with Gasteiger partial charge in [-0.1, -0.05) is 0 Å². The van der Waals surface area contributed by atoms with Gasteiger partial charge in [0.25, 0.3) is 0 Å². The van der Waals surface area contributed by atoms with Crippen LogP contribution in [0, 0.1) is 17.5 Å². The van der Waals surface area contributed by atoms with Gasteiger partial charge >= 0.3 is 6.09 Å². The Morgan fingerprint density at radius 3 is 2.23 bits per heavy atom. The minimum atomic E-state index is -1.71. The first-order chi connectivity index (χ1) is 9.99. The number of carbonyl (C=O) groups excluding carboxylic acids is 2. The van der Waals surface area contributed by atoms with Crippen LogP contribution >= 0.6 is 0 Å². The van der Waals surface area contributed by atoms with Crippen LogP contribution in [0.5, 0.6) is 0 Å². The number of benzene rings is 1. The smallest absolute Gasteiger partial charge is 0.408 e. The van der Waals surface area contributed by atoms with Crippen molar-refractivity contribution in [3.05, 3.63) is 35.1 Å². The minimum Gasteiger partial charge on any atom is -0.548 e. The van der Waals surface area contributed by atoms with Crippen LogP contribution in [0.2, 0.25) is 0 Å². The fraction of sp³-hybridized carbons (Fsp3) is 0.429. The minimum absolute atomic E-state index is 0.296. The highest BCUT2D eigenvalue weighted by Crippen LogP contribution is 2.16. The summed E-state index contributed by atoms with van der Waals surface area (Å²) in [5.41, 5.74) is -1.28. The van der Waals surface area contributed by atoms with Crippen molar-refractivity contribution in [3.63, 3.8) is 0 Å². The number of aliphatic carboxylic acids is 1. The van der Waals surface area contributed by atoms with Gasteiger partial charge in [0.05, 0.1) is 12.0 Å². The summed E-state index contributed by atoms with van der Waals surface area (Å²) in [4.78, 5) is 22.5. The van der Waals surface area contributed by atoms with Crippen molar-refractivity contribution in [1.82, 2.24) is 5.32 Å². The largest absolute Gasteiger partial charge is 0.548 e. The van der Waals surface area contributed by atoms with E-state index in [2.05, 4.69) is 0 Å². The molecule has 1 aromatic rings. The summed E-state index contributed by atoms with van der Waals surface area (Å²) in [6.45, 7) is 4.70. The van der Waals surface area contributed by atoms with Crippen LogP contribution in [0.3, 0.4) is 0 Å². The molecule has 0 heterocycles. The van der Waals surface area contributed by atoms with Gasteiger partial charge in [0.1, 0.15) is 11.4 Å². The third-order valence-electron chi connectivity index (χ3n) is 2.49. The number of hydrogen-bond acceptors (Lipinski definition) is 4. The molecule has 5 nitrogen and oxygen atoms in total. The van der Waals surface area contributed by atoms with Crippen molar-refractivity contribution in [2.45, 2.75) is 38.8 Å². The Balaban J connectivity index is 2.88. The van der Waals surface area contributed by atoms with Gasteiger partial charge in [-0.05, 0) is 32.4 Å². The molecule has 1 N–H and O–H groups in total. The number of ether oxygens (including phenoxy) is 1. The molecule has 0 fully saturated rings. The van der Waals surface area contributed by atoms with E-state index in [1.807, 2.05) is 5.32 Å². The second kappa shape index (κ2) is 6.67. The molecule has 0 radical (unpaired) electrons. The standard InChI is InChI=1S/C14H16F3NO4/c1-14(2,3)22-13(21)18-11(12(19)20)5-7-4-9(16)10(17)6-8(7)15/h4,6,11H,5H2,1-3H3,(H,18,21)(H,19,20)/p-1/t11-/m1/s1. The highest BCUT2D eigenvalue weighted by Gasteiger charge is 2.22. The molecule has 0 aromatic heterocycles. The number of carbonyl (C=O) groups is 2. The van der Waals surface area contributed by atoms with Crippen LogP contribution < -0.4 is 10.4 Å². The lowest BCUT2D eigenvalue weighted by atomic mass is 10.1. The van der Waals surface area contributed by atoms with Crippen molar-refractivity contribution in [1.29, 1.82) is 0 Å². The molecular weight excluding hydrogens is 303 g/mol. The number of hydrogen-bond donors (Lipinski definition) is 1. The lowest BCUT2D eigenvalue weighted by Gasteiger charge is -2.24. The second-order valence-electron chi connectivity index (χ2n) is 5.58. The summed E-state index contributed by atoms with van der Waals surface area (Å²) in [6.07, 6.45) is -1.67. The highest BCUT2D eigenvalue weighted by atomic mass is 19.2. The first kappa shape index (κ1) is 17.8. The number of rotatable bonds is 4. The van der Waals surface area contributed by atoms with Gasteiger partial charge in [-0.3, -0.25) is 0 Å². The first-order valence-corrected chi connectivity index (χ1v) is 6.33. The summed E-state index contributed by atoms with van der Waals surface area (Å²) < 4.78 is 44.3. The summed E-state index contributed by atoms with van der Waals surface area (Å²) in [7, 11) is 0. The Morgan fingerprint density at radius 2 is 1.73 bits per heavy atom. The van der Waals surface area contributed by atoms with Gasteiger partial charge in [0, 0.05) is 12.5 Å². The van der Waals surface area contributed by atoms with Crippen LogP contribution in [-0.4, -0.2) is 23.7 Å². The fourth-order valence-corrected chi connectivity index (χ4v) is 1.58. The molecule has 1 aromatic carbocycles. The van der Waals surface area contributed by atoms with E-state index in [9.17, 15) is 27.9 Å². The van der Waals surface area contributed by atoms with E-state index in [4.69, 9.17) is 4.74 Å². The molecule has 0 spiro atoms. The third-order valence-corrected chi connectivity index (χ3v) is 2.49. The quantitative estimate of drug-likeness (QED) is 0.849. The summed E-state index contributed by atoms with van der Waals surface area (Å²) in [5.74, 6) is -5.57. The number of carboxylic acid groups (broad SMARTS) is 1. The highest BCUT2D eigenvalue weighted by molar-refractivity contribution is 5.79. The number of amides is 1. The molecule has 1 amide bonds. The zero-order valence-electron chi connectivity index (χ0n) is 12.2. The predicted octanol–water partition coefficient (Wildman–Crippen LogP) is 1.29. The SMILES string of the molecule is CC(C)(C)OC(=O)N[C@H](Cc1cc(F)c(F)cc1F)C(=O)[O-]. The van der Waals surface area contributed by atoms with Gasteiger partial charge in [0.15, 0.2) is 11.6 Å².